The van der Waals surface area contributed by atoms with Gasteiger partial charge >= 0.3 is 0 Å². The van der Waals surface area contributed by atoms with Crippen molar-refractivity contribution in [3.8, 4) is 5.75 Å². The van der Waals surface area contributed by atoms with Crippen LogP contribution in [0.25, 0.3) is 0 Å². The minimum absolute atomic E-state index is 0.231. The second kappa shape index (κ2) is 5.18. The molecular formula is C15H17FN2O. The minimum Gasteiger partial charge on any atom is -0.494 e. The first kappa shape index (κ1) is 13.2. The molecule has 0 aliphatic heterocycles. The van der Waals surface area contributed by atoms with Crippen molar-refractivity contribution in [2.45, 2.75) is 6.92 Å². The van der Waals surface area contributed by atoms with Gasteiger partial charge in [0.2, 0.25) is 0 Å². The van der Waals surface area contributed by atoms with E-state index in [9.17, 15) is 4.39 Å². The summed E-state index contributed by atoms with van der Waals surface area (Å²) in [6.45, 7) is 1.99. The molecule has 0 fully saturated rings. The van der Waals surface area contributed by atoms with Crippen molar-refractivity contribution < 1.29 is 9.13 Å². The summed E-state index contributed by atoms with van der Waals surface area (Å²) < 4.78 is 18.6. The highest BCUT2D eigenvalue weighted by atomic mass is 19.1. The number of hydrogen-bond acceptors (Lipinski definition) is 3. The van der Waals surface area contributed by atoms with Crippen molar-refractivity contribution in [1.29, 1.82) is 0 Å². The highest BCUT2D eigenvalue weighted by Crippen LogP contribution is 2.31. The molecule has 2 rings (SSSR count). The number of anilines is 3. The summed E-state index contributed by atoms with van der Waals surface area (Å²) in [6, 6.07) is 10.6. The monoisotopic (exact) mass is 260 g/mol. The van der Waals surface area contributed by atoms with E-state index in [1.807, 2.05) is 37.1 Å². The average Bonchev–Trinajstić information content (AvgIpc) is 2.40. The number of hydrogen-bond donors (Lipinski definition) is 1. The summed E-state index contributed by atoms with van der Waals surface area (Å²) in [4.78, 5) is 1.85. The Morgan fingerprint density at radius 2 is 1.89 bits per heavy atom. The van der Waals surface area contributed by atoms with E-state index in [-0.39, 0.29) is 5.75 Å². The fraction of sp³-hybridized carbons (Fsp3) is 0.200. The molecule has 0 saturated heterocycles. The Morgan fingerprint density at radius 1 is 1.16 bits per heavy atom. The third-order valence-electron chi connectivity index (χ3n) is 3.07. The summed E-state index contributed by atoms with van der Waals surface area (Å²) in [7, 11) is 3.30. The molecule has 2 aromatic carbocycles. The average molecular weight is 260 g/mol. The van der Waals surface area contributed by atoms with Crippen molar-refractivity contribution in [3.05, 3.63) is 47.8 Å². The molecular weight excluding hydrogens is 243 g/mol. The Balaban J connectivity index is 2.41. The Kier molecular flexibility index (Phi) is 3.60. The lowest BCUT2D eigenvalue weighted by Crippen LogP contribution is -2.12. The molecule has 0 saturated carbocycles. The molecule has 0 aliphatic carbocycles. The van der Waals surface area contributed by atoms with E-state index in [0.29, 0.717) is 5.69 Å². The van der Waals surface area contributed by atoms with Crippen molar-refractivity contribution in [2.75, 3.05) is 24.8 Å². The highest BCUT2D eigenvalue weighted by Gasteiger charge is 2.11. The maximum atomic E-state index is 13.7. The van der Waals surface area contributed by atoms with Gasteiger partial charge in [0.1, 0.15) is 0 Å². The molecule has 0 spiro atoms. The van der Waals surface area contributed by atoms with Crippen LogP contribution < -0.4 is 15.4 Å². The molecule has 100 valence electrons. The lowest BCUT2D eigenvalue weighted by Gasteiger charge is -2.22. The Labute approximate surface area is 112 Å². The van der Waals surface area contributed by atoms with Gasteiger partial charge in [0.15, 0.2) is 11.6 Å². The summed E-state index contributed by atoms with van der Waals surface area (Å²) in [5.41, 5.74) is 9.29. The zero-order valence-corrected chi connectivity index (χ0v) is 11.3. The summed E-state index contributed by atoms with van der Waals surface area (Å²) in [5, 5.41) is 0. The van der Waals surface area contributed by atoms with E-state index in [0.717, 1.165) is 16.9 Å². The van der Waals surface area contributed by atoms with Gasteiger partial charge in [-0.2, -0.15) is 0 Å². The molecule has 4 heteroatoms. The molecule has 0 heterocycles. The van der Waals surface area contributed by atoms with Crippen molar-refractivity contribution >= 4 is 17.1 Å². The van der Waals surface area contributed by atoms with Gasteiger partial charge in [-0.25, -0.2) is 4.39 Å². The maximum Gasteiger partial charge on any atom is 0.167 e. The van der Waals surface area contributed by atoms with Gasteiger partial charge in [0, 0.05) is 18.8 Å². The van der Waals surface area contributed by atoms with Gasteiger partial charge in [0.25, 0.3) is 0 Å². The largest absolute Gasteiger partial charge is 0.494 e. The van der Waals surface area contributed by atoms with Crippen molar-refractivity contribution in [3.63, 3.8) is 0 Å². The number of halogens is 1. The van der Waals surface area contributed by atoms with Crippen molar-refractivity contribution in [1.82, 2.24) is 0 Å². The number of nitrogen functional groups attached to an aromatic ring is 1. The Bertz CT molecular complexity index is 599. The SMILES string of the molecule is COc1ccc(N(C)c2cc(C)ccc2N)cc1F. The van der Waals surface area contributed by atoms with E-state index in [1.165, 1.54) is 13.2 Å². The smallest absolute Gasteiger partial charge is 0.167 e. The van der Waals surface area contributed by atoms with Crippen molar-refractivity contribution in [2.24, 2.45) is 0 Å². The normalized spacial score (nSPS) is 10.3. The Morgan fingerprint density at radius 3 is 2.53 bits per heavy atom. The van der Waals surface area contributed by atoms with Gasteiger partial charge in [0.05, 0.1) is 18.5 Å². The third-order valence-corrected chi connectivity index (χ3v) is 3.07. The number of nitrogens with two attached hydrogens (primary N) is 1. The number of aryl methyl sites for hydroxylation is 1. The standard InChI is InChI=1S/C15H17FN2O/c1-10-4-6-13(17)14(8-10)18(2)11-5-7-15(19-3)12(16)9-11/h4-9H,17H2,1-3H3. The molecule has 0 aliphatic rings. The van der Waals surface area contributed by atoms with Gasteiger partial charge in [-0.05, 0) is 36.8 Å². The molecule has 0 unspecified atom stereocenters. The lowest BCUT2D eigenvalue weighted by atomic mass is 10.1. The molecule has 19 heavy (non-hydrogen) atoms. The number of ether oxygens (including phenoxy) is 1. The molecule has 0 radical (unpaired) electrons. The zero-order chi connectivity index (χ0) is 14.0. The van der Waals surface area contributed by atoms with Crippen LogP contribution in [0.1, 0.15) is 5.56 Å². The van der Waals surface area contributed by atoms with E-state index in [1.54, 1.807) is 12.1 Å². The molecule has 3 nitrogen and oxygen atoms in total. The lowest BCUT2D eigenvalue weighted by molar-refractivity contribution is 0.386. The third kappa shape index (κ3) is 2.62. The van der Waals surface area contributed by atoms with E-state index < -0.39 is 5.82 Å². The predicted octanol–water partition coefficient (Wildman–Crippen LogP) is 3.49. The van der Waals surface area contributed by atoms with Crippen LogP contribution in [0.15, 0.2) is 36.4 Å². The summed E-state index contributed by atoms with van der Waals surface area (Å²) in [5.74, 6) is -0.160. The molecule has 0 aromatic heterocycles. The quantitative estimate of drug-likeness (QED) is 0.858. The van der Waals surface area contributed by atoms with Crippen LogP contribution in [-0.2, 0) is 0 Å². The topological polar surface area (TPSA) is 38.5 Å². The molecule has 2 aromatic rings. The molecule has 2 N–H and O–H groups in total. The van der Waals surface area contributed by atoms with Crippen LogP contribution in [-0.4, -0.2) is 14.2 Å². The van der Waals surface area contributed by atoms with Gasteiger partial charge < -0.3 is 15.4 Å². The van der Waals surface area contributed by atoms with Crippen LogP contribution in [0.2, 0.25) is 0 Å². The summed E-state index contributed by atoms with van der Waals surface area (Å²) >= 11 is 0. The number of nitrogens with zero attached hydrogens (tertiary/aromatic N) is 1. The molecule has 0 atom stereocenters. The number of benzene rings is 2. The highest BCUT2D eigenvalue weighted by molar-refractivity contribution is 5.75. The van der Waals surface area contributed by atoms with Crippen LogP contribution >= 0.6 is 0 Å². The summed E-state index contributed by atoms with van der Waals surface area (Å²) in [6.07, 6.45) is 0. The Hall–Kier alpha value is -2.23. The fourth-order valence-corrected chi connectivity index (χ4v) is 1.95. The predicted molar refractivity (Wildman–Crippen MR) is 76.6 cm³/mol. The molecule has 0 bridgehead atoms. The van der Waals surface area contributed by atoms with Gasteiger partial charge in [-0.1, -0.05) is 6.07 Å². The second-order valence-electron chi connectivity index (χ2n) is 4.44. The van der Waals surface area contributed by atoms with Gasteiger partial charge in [-0.3, -0.25) is 0 Å². The van der Waals surface area contributed by atoms with E-state index in [4.69, 9.17) is 10.5 Å². The first-order valence-corrected chi connectivity index (χ1v) is 5.96. The van der Waals surface area contributed by atoms with E-state index >= 15 is 0 Å². The van der Waals surface area contributed by atoms with Crippen LogP contribution in [0, 0.1) is 12.7 Å². The van der Waals surface area contributed by atoms with Crippen LogP contribution in [0.4, 0.5) is 21.5 Å². The van der Waals surface area contributed by atoms with Crippen LogP contribution in [0.3, 0.4) is 0 Å². The minimum atomic E-state index is -0.391. The fourth-order valence-electron chi connectivity index (χ4n) is 1.95. The first-order chi connectivity index (χ1) is 9.02. The second-order valence-corrected chi connectivity index (χ2v) is 4.44. The first-order valence-electron chi connectivity index (χ1n) is 5.96. The van der Waals surface area contributed by atoms with E-state index in [2.05, 4.69) is 0 Å². The zero-order valence-electron chi connectivity index (χ0n) is 11.3. The van der Waals surface area contributed by atoms with Crippen LogP contribution in [0.5, 0.6) is 5.75 Å². The van der Waals surface area contributed by atoms with Gasteiger partial charge in [-0.15, -0.1) is 0 Å². The molecule has 0 amide bonds. The number of methoxy groups -OCH3 is 1. The number of rotatable bonds is 3. The maximum absolute atomic E-state index is 13.7.